The molecule has 110 valence electrons. The van der Waals surface area contributed by atoms with Crippen LogP contribution in [-0.4, -0.2) is 54.5 Å². The Morgan fingerprint density at radius 2 is 2.11 bits per heavy atom. The molecule has 7 nitrogen and oxygen atoms in total. The first kappa shape index (κ1) is 16.5. The molecule has 9 heteroatoms. The minimum Gasteiger partial charge on any atom is -0.383 e. The molecule has 0 aliphatic heterocycles. The van der Waals surface area contributed by atoms with Gasteiger partial charge in [0.2, 0.25) is 5.03 Å². The summed E-state index contributed by atoms with van der Waals surface area (Å²) >= 11 is 3.12. The first-order chi connectivity index (χ1) is 8.80. The zero-order valence-electron chi connectivity index (χ0n) is 11.5. The highest BCUT2D eigenvalue weighted by Crippen LogP contribution is 2.22. The van der Waals surface area contributed by atoms with Gasteiger partial charge in [0, 0.05) is 27.2 Å². The Bertz CT molecular complexity index is 495. The maximum atomic E-state index is 12.6. The van der Waals surface area contributed by atoms with Gasteiger partial charge in [0.15, 0.2) is 4.60 Å². The van der Waals surface area contributed by atoms with Crippen LogP contribution in [0, 0.1) is 5.92 Å². The molecule has 1 aromatic rings. The molecule has 0 bridgehead atoms. The van der Waals surface area contributed by atoms with Crippen molar-refractivity contribution in [1.82, 2.24) is 19.3 Å². The molecule has 1 rings (SSSR count). The zero-order valence-corrected chi connectivity index (χ0v) is 13.9. The van der Waals surface area contributed by atoms with Crippen molar-refractivity contribution in [3.63, 3.8) is 0 Å². The Morgan fingerprint density at radius 3 is 2.53 bits per heavy atom. The van der Waals surface area contributed by atoms with Crippen LogP contribution in [0.4, 0.5) is 0 Å². The third-order valence-corrected chi connectivity index (χ3v) is 5.19. The van der Waals surface area contributed by atoms with E-state index in [1.165, 1.54) is 8.99 Å². The van der Waals surface area contributed by atoms with Gasteiger partial charge >= 0.3 is 0 Å². The number of hydrogen-bond donors (Lipinski definition) is 0. The van der Waals surface area contributed by atoms with E-state index in [2.05, 4.69) is 26.2 Å². The first-order valence-electron chi connectivity index (χ1n) is 5.85. The molecule has 0 spiro atoms. The van der Waals surface area contributed by atoms with Crippen molar-refractivity contribution in [1.29, 1.82) is 0 Å². The van der Waals surface area contributed by atoms with Crippen molar-refractivity contribution in [2.75, 3.05) is 26.8 Å². The highest BCUT2D eigenvalue weighted by Gasteiger charge is 2.31. The topological polar surface area (TPSA) is 77.3 Å². The Kier molecular flexibility index (Phi) is 5.90. The second-order valence-electron chi connectivity index (χ2n) is 4.56. The molecular formula is C10H19BrN4O3S. The van der Waals surface area contributed by atoms with E-state index in [0.29, 0.717) is 19.7 Å². The standard InChI is InChI=1S/C10H19BrN4O3S/c1-8(2)7-15(5-6-18-4)19(16,17)10-9(11)12-13-14(10)3/h8H,5-7H2,1-4H3. The number of rotatable bonds is 7. The lowest BCUT2D eigenvalue weighted by Gasteiger charge is -2.23. The Morgan fingerprint density at radius 1 is 1.47 bits per heavy atom. The number of halogens is 1. The van der Waals surface area contributed by atoms with Crippen molar-refractivity contribution in [2.24, 2.45) is 13.0 Å². The molecule has 0 unspecified atom stereocenters. The van der Waals surface area contributed by atoms with Gasteiger partial charge in [0.25, 0.3) is 10.0 Å². The molecule has 0 radical (unpaired) electrons. The van der Waals surface area contributed by atoms with Crippen LogP contribution in [0.5, 0.6) is 0 Å². The van der Waals surface area contributed by atoms with Gasteiger partial charge in [-0.05, 0) is 21.8 Å². The van der Waals surface area contributed by atoms with E-state index in [1.54, 1.807) is 14.2 Å². The van der Waals surface area contributed by atoms with E-state index in [9.17, 15) is 8.42 Å². The van der Waals surface area contributed by atoms with E-state index in [0.717, 1.165) is 0 Å². The summed E-state index contributed by atoms with van der Waals surface area (Å²) in [6, 6.07) is 0. The summed E-state index contributed by atoms with van der Waals surface area (Å²) in [5.74, 6) is 0.214. The van der Waals surface area contributed by atoms with E-state index in [-0.39, 0.29) is 15.5 Å². The minimum atomic E-state index is -3.64. The van der Waals surface area contributed by atoms with Crippen LogP contribution in [0.3, 0.4) is 0 Å². The van der Waals surface area contributed by atoms with Crippen LogP contribution in [0.1, 0.15) is 13.8 Å². The van der Waals surface area contributed by atoms with Crippen LogP contribution in [0.2, 0.25) is 0 Å². The molecular weight excluding hydrogens is 336 g/mol. The van der Waals surface area contributed by atoms with Gasteiger partial charge in [-0.15, -0.1) is 5.10 Å². The fourth-order valence-electron chi connectivity index (χ4n) is 1.63. The van der Waals surface area contributed by atoms with Crippen LogP contribution < -0.4 is 0 Å². The predicted octanol–water partition coefficient (Wildman–Crippen LogP) is 0.871. The quantitative estimate of drug-likeness (QED) is 0.725. The van der Waals surface area contributed by atoms with E-state index >= 15 is 0 Å². The Labute approximate surface area is 122 Å². The molecule has 0 saturated carbocycles. The van der Waals surface area contributed by atoms with Crippen molar-refractivity contribution >= 4 is 26.0 Å². The molecule has 1 heterocycles. The fraction of sp³-hybridized carbons (Fsp3) is 0.800. The highest BCUT2D eigenvalue weighted by molar-refractivity contribution is 9.10. The maximum Gasteiger partial charge on any atom is 0.263 e. The van der Waals surface area contributed by atoms with Crippen LogP contribution >= 0.6 is 15.9 Å². The lowest BCUT2D eigenvalue weighted by atomic mass is 10.2. The van der Waals surface area contributed by atoms with Gasteiger partial charge in [0.05, 0.1) is 6.61 Å². The average molecular weight is 355 g/mol. The van der Waals surface area contributed by atoms with Crippen molar-refractivity contribution in [3.05, 3.63) is 4.60 Å². The van der Waals surface area contributed by atoms with Gasteiger partial charge < -0.3 is 4.74 Å². The van der Waals surface area contributed by atoms with Crippen LogP contribution in [0.25, 0.3) is 0 Å². The van der Waals surface area contributed by atoms with Crippen LogP contribution in [-0.2, 0) is 21.8 Å². The molecule has 19 heavy (non-hydrogen) atoms. The summed E-state index contributed by atoms with van der Waals surface area (Å²) in [6.07, 6.45) is 0. The second-order valence-corrected chi connectivity index (χ2v) is 7.16. The largest absolute Gasteiger partial charge is 0.383 e. The summed E-state index contributed by atoms with van der Waals surface area (Å²) in [7, 11) is -0.548. The van der Waals surface area contributed by atoms with Gasteiger partial charge in [0.1, 0.15) is 0 Å². The highest BCUT2D eigenvalue weighted by atomic mass is 79.9. The summed E-state index contributed by atoms with van der Waals surface area (Å²) in [5, 5.41) is 7.48. The van der Waals surface area contributed by atoms with Crippen molar-refractivity contribution in [3.8, 4) is 0 Å². The molecule has 0 aliphatic carbocycles. The number of aromatic nitrogens is 3. The molecule has 0 aromatic carbocycles. The molecule has 0 saturated heterocycles. The number of methoxy groups -OCH3 is 1. The summed E-state index contributed by atoms with van der Waals surface area (Å²) < 4.78 is 33.1. The molecule has 1 aromatic heterocycles. The number of ether oxygens (including phenoxy) is 1. The normalized spacial score (nSPS) is 12.6. The van der Waals surface area contributed by atoms with Gasteiger partial charge in [-0.3, -0.25) is 0 Å². The van der Waals surface area contributed by atoms with E-state index in [1.807, 2.05) is 13.8 Å². The first-order valence-corrected chi connectivity index (χ1v) is 8.08. The molecule has 0 N–H and O–H groups in total. The molecule has 0 aliphatic rings. The van der Waals surface area contributed by atoms with Gasteiger partial charge in [-0.25, -0.2) is 13.1 Å². The van der Waals surface area contributed by atoms with Gasteiger partial charge in [-0.1, -0.05) is 19.1 Å². The SMILES string of the molecule is COCCN(CC(C)C)S(=O)(=O)c1c(Br)nnn1C. The zero-order chi connectivity index (χ0) is 14.6. The minimum absolute atomic E-state index is 0.0595. The maximum absolute atomic E-state index is 12.6. The lowest BCUT2D eigenvalue weighted by Crippen LogP contribution is -2.37. The number of aryl methyl sites for hydroxylation is 1. The summed E-state index contributed by atoms with van der Waals surface area (Å²) in [4.78, 5) is 0. The third kappa shape index (κ3) is 3.98. The molecule has 0 amide bonds. The third-order valence-electron chi connectivity index (χ3n) is 2.43. The number of sulfonamides is 1. The monoisotopic (exact) mass is 354 g/mol. The fourth-order valence-corrected chi connectivity index (χ4v) is 4.25. The summed E-state index contributed by atoms with van der Waals surface area (Å²) in [6.45, 7) is 4.99. The van der Waals surface area contributed by atoms with E-state index < -0.39 is 10.0 Å². The number of hydrogen-bond acceptors (Lipinski definition) is 5. The van der Waals surface area contributed by atoms with Gasteiger partial charge in [-0.2, -0.15) is 4.31 Å². The van der Waals surface area contributed by atoms with Crippen molar-refractivity contribution in [2.45, 2.75) is 18.9 Å². The summed E-state index contributed by atoms with van der Waals surface area (Å²) in [5.41, 5.74) is 0. The van der Waals surface area contributed by atoms with E-state index in [4.69, 9.17) is 4.74 Å². The lowest BCUT2D eigenvalue weighted by molar-refractivity contribution is 0.175. The molecule has 0 atom stereocenters. The average Bonchev–Trinajstić information content (AvgIpc) is 2.64. The number of nitrogens with zero attached hydrogens (tertiary/aromatic N) is 4. The van der Waals surface area contributed by atoms with Crippen molar-refractivity contribution < 1.29 is 13.2 Å². The smallest absolute Gasteiger partial charge is 0.263 e. The Hall–Kier alpha value is -0.510. The molecule has 0 fully saturated rings. The second kappa shape index (κ2) is 6.78. The van der Waals surface area contributed by atoms with Crippen LogP contribution in [0.15, 0.2) is 9.63 Å². The predicted molar refractivity (Wildman–Crippen MR) is 74.2 cm³/mol. The Balaban J connectivity index is 3.12.